The molecule has 0 saturated carbocycles. The molecule has 0 aliphatic carbocycles. The number of ether oxygens (including phenoxy) is 7. The number of rotatable bonds is 46. The molecule has 17 nitrogen and oxygen atoms in total. The van der Waals surface area contributed by atoms with Gasteiger partial charge in [0.1, 0.15) is 13.2 Å². The maximum atomic E-state index is 11.9. The molecule has 0 rings (SSSR count). The Morgan fingerprint density at radius 2 is 0.492 bits per heavy atom. The monoisotopic (exact) mass is 897 g/mol. The maximum Gasteiger partial charge on any atom is 0.305 e. The fourth-order valence-electron chi connectivity index (χ4n) is 5.97. The summed E-state index contributed by atoms with van der Waals surface area (Å²) < 4.78 is 36.6. The number of aliphatic imine (C=N–C) groups is 2. The topological polar surface area (TPSA) is 226 Å². The average Bonchev–Trinajstić information content (AvgIpc) is 3.27. The van der Waals surface area contributed by atoms with E-state index in [1.165, 1.54) is 12.2 Å². The van der Waals surface area contributed by atoms with Gasteiger partial charge in [0.2, 0.25) is 12.2 Å². The van der Waals surface area contributed by atoms with E-state index in [1.54, 1.807) is 0 Å². The van der Waals surface area contributed by atoms with Crippen LogP contribution in [0.1, 0.15) is 180 Å². The molecule has 0 spiro atoms. The maximum absolute atomic E-state index is 11.9. The molecule has 0 radical (unpaired) electrons. The minimum Gasteiger partial charge on any atom is -0.466 e. The van der Waals surface area contributed by atoms with E-state index in [2.05, 4.69) is 9.98 Å². The number of hydrogen-bond donors (Lipinski definition) is 0. The third-order valence-corrected chi connectivity index (χ3v) is 9.57. The van der Waals surface area contributed by atoms with Crippen LogP contribution >= 0.6 is 0 Å². The van der Waals surface area contributed by atoms with Crippen LogP contribution in [0.25, 0.3) is 0 Å². The van der Waals surface area contributed by atoms with Gasteiger partial charge in [-0.1, -0.05) is 38.5 Å². The third-order valence-electron chi connectivity index (χ3n) is 9.57. The molecule has 0 aromatic rings. The first-order valence-corrected chi connectivity index (χ1v) is 23.4. The predicted molar refractivity (Wildman–Crippen MR) is 232 cm³/mol. The summed E-state index contributed by atoms with van der Waals surface area (Å²) in [6.07, 6.45) is 22.2. The number of esters is 6. The Morgan fingerprint density at radius 1 is 0.270 bits per heavy atom. The van der Waals surface area contributed by atoms with Crippen molar-refractivity contribution in [3.63, 3.8) is 0 Å². The Hall–Kier alpha value is -4.46. The lowest BCUT2D eigenvalue weighted by atomic mass is 10.1. The normalized spacial score (nSPS) is 10.5. The quantitative estimate of drug-likeness (QED) is 0.0186. The van der Waals surface area contributed by atoms with Gasteiger partial charge >= 0.3 is 35.8 Å². The van der Waals surface area contributed by atoms with Gasteiger partial charge < -0.3 is 33.2 Å². The zero-order chi connectivity index (χ0) is 46.1. The number of isocyanates is 2. The van der Waals surface area contributed by atoms with Crippen LogP contribution in [0.15, 0.2) is 9.98 Å². The molecule has 0 atom stereocenters. The van der Waals surface area contributed by atoms with Crippen molar-refractivity contribution in [3.8, 4) is 0 Å². The molecule has 0 fully saturated rings. The summed E-state index contributed by atoms with van der Waals surface area (Å²) in [7, 11) is 0. The van der Waals surface area contributed by atoms with E-state index in [0.29, 0.717) is 117 Å². The Balaban J connectivity index is 3.46. The molecule has 0 aromatic heterocycles. The van der Waals surface area contributed by atoms with E-state index in [1.807, 2.05) is 0 Å². The molecule has 0 unspecified atom stereocenters. The third kappa shape index (κ3) is 46.9. The molecular formula is C46H76N2O15. The summed E-state index contributed by atoms with van der Waals surface area (Å²) in [5.74, 6) is -1.60. The minimum atomic E-state index is -0.334. The molecular weight excluding hydrogens is 821 g/mol. The van der Waals surface area contributed by atoms with Crippen LogP contribution < -0.4 is 0 Å². The minimum absolute atomic E-state index is 0.0995. The zero-order valence-electron chi connectivity index (χ0n) is 37.9. The first-order valence-electron chi connectivity index (χ1n) is 23.4. The Morgan fingerprint density at radius 3 is 0.762 bits per heavy atom. The highest BCUT2D eigenvalue weighted by atomic mass is 16.6. The fourth-order valence-corrected chi connectivity index (χ4v) is 5.97. The lowest BCUT2D eigenvalue weighted by molar-refractivity contribution is -0.148. The zero-order valence-corrected chi connectivity index (χ0v) is 37.9. The van der Waals surface area contributed by atoms with E-state index in [-0.39, 0.29) is 75.1 Å². The molecule has 63 heavy (non-hydrogen) atoms. The summed E-state index contributed by atoms with van der Waals surface area (Å²) in [4.78, 5) is 98.3. The second-order valence-electron chi connectivity index (χ2n) is 15.2. The molecule has 0 saturated heterocycles. The van der Waals surface area contributed by atoms with Gasteiger partial charge in [0.05, 0.1) is 52.7 Å². The Bertz CT molecular complexity index is 1200. The summed E-state index contributed by atoms with van der Waals surface area (Å²) in [5.41, 5.74) is 0. The average molecular weight is 897 g/mol. The summed E-state index contributed by atoms with van der Waals surface area (Å²) in [5, 5.41) is 0. The number of unbranched alkanes of at least 4 members (excludes halogenated alkanes) is 16. The molecule has 0 aliphatic heterocycles. The van der Waals surface area contributed by atoms with Crippen molar-refractivity contribution in [2.45, 2.75) is 180 Å². The molecule has 17 heteroatoms. The fraction of sp³-hybridized carbons (Fsp3) is 0.826. The van der Waals surface area contributed by atoms with Crippen molar-refractivity contribution in [2.75, 3.05) is 65.9 Å². The van der Waals surface area contributed by atoms with Crippen molar-refractivity contribution < 1.29 is 71.5 Å². The lowest BCUT2D eigenvalue weighted by Gasteiger charge is -2.08. The van der Waals surface area contributed by atoms with Crippen molar-refractivity contribution >= 4 is 48.0 Å². The highest BCUT2D eigenvalue weighted by molar-refractivity contribution is 5.71. The second-order valence-corrected chi connectivity index (χ2v) is 15.2. The van der Waals surface area contributed by atoms with Crippen molar-refractivity contribution in [3.05, 3.63) is 0 Å². The van der Waals surface area contributed by atoms with E-state index < -0.39 is 0 Å². The van der Waals surface area contributed by atoms with Gasteiger partial charge in [-0.05, 0) is 103 Å². The first kappa shape index (κ1) is 58.5. The van der Waals surface area contributed by atoms with Crippen molar-refractivity contribution in [1.29, 1.82) is 0 Å². The van der Waals surface area contributed by atoms with Crippen LogP contribution in [-0.2, 0) is 71.5 Å². The van der Waals surface area contributed by atoms with Gasteiger partial charge in [0, 0.05) is 38.5 Å². The molecule has 0 aliphatic rings. The molecule has 0 aromatic carbocycles. The number of hydrogen-bond acceptors (Lipinski definition) is 17. The SMILES string of the molecule is O=C=NCCCCCCCC(=O)OCCCCCC(=O)OCCCCCC(=O)OCCOCCOC(=O)CCCCCOC(=O)CCCCCOC(=O)CCCCCCCN=C=O. The van der Waals surface area contributed by atoms with Gasteiger partial charge in [-0.2, -0.15) is 0 Å². The van der Waals surface area contributed by atoms with Crippen LogP contribution in [-0.4, -0.2) is 114 Å². The highest BCUT2D eigenvalue weighted by Gasteiger charge is 2.09. The molecule has 0 N–H and O–H groups in total. The standard InChI is InChI=1S/C46H76N2O15/c49-39-47-29-17-5-1-3-11-23-41(51)58-31-19-7-13-25-43(53)60-33-21-9-15-27-45(55)62-37-35-57-36-38-63-46(56)28-16-10-22-34-61-44(54)26-14-8-20-32-59-42(52)24-12-4-2-6-18-30-48-40-50/h1-38H2. The van der Waals surface area contributed by atoms with Gasteiger partial charge in [-0.25, -0.2) is 19.6 Å². The number of carbonyl (C=O) groups excluding carboxylic acids is 8. The second kappa shape index (κ2) is 47.0. The first-order chi connectivity index (χ1) is 30.8. The number of nitrogens with zero attached hydrogens (tertiary/aromatic N) is 2. The Labute approximate surface area is 374 Å². The lowest BCUT2D eigenvalue weighted by Crippen LogP contribution is -2.14. The van der Waals surface area contributed by atoms with Crippen LogP contribution in [0.4, 0.5) is 0 Å². The van der Waals surface area contributed by atoms with Crippen LogP contribution in [0.3, 0.4) is 0 Å². The predicted octanol–water partition coefficient (Wildman–Crippen LogP) is 7.86. The van der Waals surface area contributed by atoms with E-state index in [9.17, 15) is 38.4 Å². The largest absolute Gasteiger partial charge is 0.466 e. The van der Waals surface area contributed by atoms with E-state index >= 15 is 0 Å². The molecule has 0 heterocycles. The van der Waals surface area contributed by atoms with Crippen LogP contribution in [0.2, 0.25) is 0 Å². The molecule has 0 amide bonds. The van der Waals surface area contributed by atoms with E-state index in [0.717, 1.165) is 89.9 Å². The highest BCUT2D eigenvalue weighted by Crippen LogP contribution is 2.10. The van der Waals surface area contributed by atoms with Crippen LogP contribution in [0.5, 0.6) is 0 Å². The Kier molecular flexibility index (Phi) is 43.7. The van der Waals surface area contributed by atoms with Gasteiger partial charge in [-0.3, -0.25) is 28.8 Å². The van der Waals surface area contributed by atoms with Gasteiger partial charge in [0.25, 0.3) is 0 Å². The van der Waals surface area contributed by atoms with Crippen molar-refractivity contribution in [1.82, 2.24) is 0 Å². The summed E-state index contributed by atoms with van der Waals surface area (Å²) in [6.45, 7) is 2.87. The molecule has 360 valence electrons. The smallest absolute Gasteiger partial charge is 0.305 e. The summed E-state index contributed by atoms with van der Waals surface area (Å²) >= 11 is 0. The molecule has 0 bridgehead atoms. The van der Waals surface area contributed by atoms with Gasteiger partial charge in [0.15, 0.2) is 0 Å². The number of carbonyl (C=O) groups is 6. The van der Waals surface area contributed by atoms with E-state index in [4.69, 9.17) is 33.2 Å². The van der Waals surface area contributed by atoms with Crippen LogP contribution in [0, 0.1) is 0 Å². The van der Waals surface area contributed by atoms with Crippen molar-refractivity contribution in [2.24, 2.45) is 9.98 Å². The summed E-state index contributed by atoms with van der Waals surface area (Å²) in [6, 6.07) is 0. The van der Waals surface area contributed by atoms with Gasteiger partial charge in [-0.15, -0.1) is 0 Å².